The average Bonchev–Trinajstić information content (AvgIpc) is 1.07. The van der Waals surface area contributed by atoms with E-state index in [4.69, 9.17) is 18.5 Å². The minimum absolute atomic E-state index is 0.0293. The van der Waals surface area contributed by atoms with Gasteiger partial charge in [0, 0.05) is 12.8 Å². The highest BCUT2D eigenvalue weighted by molar-refractivity contribution is 7.47. The number of ether oxygens (including phenoxy) is 2. The molecular formula is C90H157NO8P+. The minimum Gasteiger partial charge on any atom is -0.462 e. The SMILES string of the molecule is CC/C=C\C/C=C\C/C=C\C/C=C\C/C=C\C/C=C\C/C=C\CCCCCCCCCCCCCCCCCCCC(=O)OC(COC(=O)CCCCCCCCCCCCCCCCCCCCCCC/C=C\C/C=C\C/C=C\C/C=C\C/C=C\CC)COP(=O)(O)OCC[N+](C)(C)C. The first-order chi connectivity index (χ1) is 49.0. The van der Waals surface area contributed by atoms with Crippen molar-refractivity contribution in [1.82, 2.24) is 0 Å². The maximum absolute atomic E-state index is 12.9. The van der Waals surface area contributed by atoms with Gasteiger partial charge in [0.25, 0.3) is 0 Å². The number of phosphoric acid groups is 1. The summed E-state index contributed by atoms with van der Waals surface area (Å²) < 4.78 is 34.9. The number of carbonyl (C=O) groups is 2. The lowest BCUT2D eigenvalue weighted by atomic mass is 10.0. The van der Waals surface area contributed by atoms with Crippen LogP contribution in [-0.4, -0.2) is 74.9 Å². The Balaban J connectivity index is 3.94. The third-order valence-electron chi connectivity index (χ3n) is 17.9. The molecule has 0 amide bonds. The van der Waals surface area contributed by atoms with Crippen molar-refractivity contribution in [1.29, 1.82) is 0 Å². The van der Waals surface area contributed by atoms with Gasteiger partial charge in [-0.25, -0.2) is 4.57 Å². The van der Waals surface area contributed by atoms with Crippen LogP contribution in [0.15, 0.2) is 146 Å². The highest BCUT2D eigenvalue weighted by atomic mass is 31.2. The van der Waals surface area contributed by atoms with Crippen molar-refractivity contribution >= 4 is 19.8 Å². The summed E-state index contributed by atoms with van der Waals surface area (Å²) in [4.78, 5) is 36.0. The van der Waals surface area contributed by atoms with Crippen LogP contribution in [-0.2, 0) is 32.7 Å². The van der Waals surface area contributed by atoms with E-state index in [-0.39, 0.29) is 32.0 Å². The predicted octanol–water partition coefficient (Wildman–Crippen LogP) is 28.1. The molecule has 100 heavy (non-hydrogen) atoms. The number of esters is 2. The Morgan fingerprint density at radius 2 is 0.540 bits per heavy atom. The van der Waals surface area contributed by atoms with Crippen LogP contribution < -0.4 is 0 Å². The summed E-state index contributed by atoms with van der Waals surface area (Å²) in [5.74, 6) is -0.785. The predicted molar refractivity (Wildman–Crippen MR) is 436 cm³/mol. The molecule has 0 saturated heterocycles. The van der Waals surface area contributed by atoms with Crippen molar-refractivity contribution in [2.75, 3.05) is 47.5 Å². The number of likely N-dealkylation sites (N-methyl/N-ethyl adjacent to an activating group) is 1. The molecule has 0 aliphatic heterocycles. The second kappa shape index (κ2) is 79.0. The normalized spacial score (nSPS) is 13.8. The van der Waals surface area contributed by atoms with Gasteiger partial charge in [-0.05, 0) is 116 Å². The lowest BCUT2D eigenvalue weighted by molar-refractivity contribution is -0.870. The molecule has 0 heterocycles. The Morgan fingerprint density at radius 1 is 0.310 bits per heavy atom. The molecule has 0 aromatic heterocycles. The monoisotopic (exact) mass is 1410 g/mol. The van der Waals surface area contributed by atoms with Crippen molar-refractivity contribution in [3.8, 4) is 0 Å². The number of unbranched alkanes of at least 4 members (excludes halogenated alkanes) is 38. The molecule has 574 valence electrons. The van der Waals surface area contributed by atoms with Gasteiger partial charge >= 0.3 is 19.8 Å². The van der Waals surface area contributed by atoms with Crippen molar-refractivity contribution in [2.24, 2.45) is 0 Å². The summed E-state index contributed by atoms with van der Waals surface area (Å²) in [5.41, 5.74) is 0. The molecule has 2 atom stereocenters. The van der Waals surface area contributed by atoms with Crippen LogP contribution in [0.4, 0.5) is 0 Å². The summed E-state index contributed by atoms with van der Waals surface area (Å²) in [5, 5.41) is 0. The molecule has 0 aliphatic rings. The maximum atomic E-state index is 12.9. The highest BCUT2D eigenvalue weighted by Crippen LogP contribution is 2.43. The maximum Gasteiger partial charge on any atom is 0.472 e. The molecule has 9 nitrogen and oxygen atoms in total. The number of carbonyl (C=O) groups excluding carboxylic acids is 2. The zero-order valence-corrected chi connectivity index (χ0v) is 66.5. The first kappa shape index (κ1) is 95.9. The number of allylic oxidation sites excluding steroid dienone is 24. The van der Waals surface area contributed by atoms with Gasteiger partial charge < -0.3 is 18.9 Å². The van der Waals surface area contributed by atoms with E-state index in [0.717, 1.165) is 109 Å². The molecule has 0 aromatic rings. The van der Waals surface area contributed by atoms with Gasteiger partial charge in [0.15, 0.2) is 6.10 Å². The summed E-state index contributed by atoms with van der Waals surface area (Å²) in [6, 6.07) is 0. The van der Waals surface area contributed by atoms with Crippen LogP contribution in [0, 0.1) is 0 Å². The molecule has 2 unspecified atom stereocenters. The van der Waals surface area contributed by atoms with Gasteiger partial charge in [0.05, 0.1) is 27.7 Å². The van der Waals surface area contributed by atoms with Gasteiger partial charge in [-0.2, -0.15) is 0 Å². The van der Waals surface area contributed by atoms with Gasteiger partial charge in [-0.15, -0.1) is 0 Å². The third kappa shape index (κ3) is 82.8. The Morgan fingerprint density at radius 3 is 0.800 bits per heavy atom. The van der Waals surface area contributed by atoms with Gasteiger partial charge in [0.1, 0.15) is 19.8 Å². The zero-order valence-electron chi connectivity index (χ0n) is 65.6. The summed E-state index contributed by atoms with van der Waals surface area (Å²) in [7, 11) is 1.48. The lowest BCUT2D eigenvalue weighted by Crippen LogP contribution is -2.37. The topological polar surface area (TPSA) is 108 Å². The second-order valence-corrected chi connectivity index (χ2v) is 30.2. The number of phosphoric ester groups is 1. The smallest absolute Gasteiger partial charge is 0.462 e. The largest absolute Gasteiger partial charge is 0.472 e. The van der Waals surface area contributed by atoms with E-state index >= 15 is 0 Å². The second-order valence-electron chi connectivity index (χ2n) is 28.7. The van der Waals surface area contributed by atoms with Gasteiger partial charge in [-0.3, -0.25) is 18.6 Å². The summed E-state index contributed by atoms with van der Waals surface area (Å²) in [6.45, 7) is 4.24. The number of quaternary nitrogens is 1. The van der Waals surface area contributed by atoms with E-state index in [1.807, 2.05) is 21.1 Å². The molecular weight excluding hydrogens is 1250 g/mol. The molecule has 1 N–H and O–H groups in total. The van der Waals surface area contributed by atoms with Crippen LogP contribution in [0.25, 0.3) is 0 Å². The fourth-order valence-corrected chi connectivity index (χ4v) is 12.4. The van der Waals surface area contributed by atoms with Crippen LogP contribution in [0.1, 0.15) is 361 Å². The van der Waals surface area contributed by atoms with Crippen molar-refractivity contribution < 1.29 is 42.1 Å². The van der Waals surface area contributed by atoms with Crippen molar-refractivity contribution in [3.05, 3.63) is 146 Å². The Labute approximate surface area is 618 Å². The van der Waals surface area contributed by atoms with Crippen molar-refractivity contribution in [3.63, 3.8) is 0 Å². The fourth-order valence-electron chi connectivity index (χ4n) is 11.6. The molecule has 0 spiro atoms. The number of hydrogen-bond donors (Lipinski definition) is 1. The van der Waals surface area contributed by atoms with E-state index in [9.17, 15) is 19.0 Å². The van der Waals surface area contributed by atoms with Gasteiger partial charge in [-0.1, -0.05) is 378 Å². The average molecular weight is 1410 g/mol. The summed E-state index contributed by atoms with van der Waals surface area (Å²) >= 11 is 0. The minimum atomic E-state index is -4.40. The molecule has 0 bridgehead atoms. The Bertz CT molecular complexity index is 2210. The first-order valence-electron chi connectivity index (χ1n) is 41.6. The number of rotatable bonds is 76. The molecule has 10 heteroatoms. The molecule has 0 radical (unpaired) electrons. The van der Waals surface area contributed by atoms with E-state index in [0.29, 0.717) is 17.4 Å². The van der Waals surface area contributed by atoms with Crippen LogP contribution in [0.5, 0.6) is 0 Å². The molecule has 0 fully saturated rings. The van der Waals surface area contributed by atoms with E-state index in [1.54, 1.807) is 0 Å². The quantitative estimate of drug-likeness (QED) is 0.0211. The number of nitrogens with zero attached hydrogens (tertiary/aromatic N) is 1. The Kier molecular flexibility index (Phi) is 75.8. The standard InChI is InChI=1S/C90H156NO8P/c1-6-8-10-12-14-16-18-20-22-24-26-28-30-32-34-36-38-40-42-44-45-47-49-51-53-55-57-59-61-63-65-67-69-71-73-75-77-79-81-83-90(93)99-88(87-98-100(94,95)97-85-84-91(3,4)5)86-96-89(92)82-80-78-76-74-72-70-68-66-64-62-60-58-56-54-52-50-48-46-43-41-39-37-35-33-31-29-27-25-23-21-19-17-15-13-11-9-7-2/h8-11,14-17,20-23,26-29,32-35,38,40,44-45,88H,6-7,12-13,18-19,24-25,30-31,36-37,39,41-43,46-87H2,1-5H3/p+1/b10-8-,11-9-,16-14-,17-15-,22-20-,23-21-,28-26-,29-27-,34-32-,35-33-,40-38-,45-44-. The molecule has 0 saturated carbocycles. The molecule has 0 rings (SSSR count). The third-order valence-corrected chi connectivity index (χ3v) is 18.8. The zero-order chi connectivity index (χ0) is 72.5. The van der Waals surface area contributed by atoms with E-state index in [2.05, 4.69) is 160 Å². The summed E-state index contributed by atoms with van der Waals surface area (Å²) in [6.07, 6.45) is 117. The van der Waals surface area contributed by atoms with Crippen LogP contribution in [0.2, 0.25) is 0 Å². The van der Waals surface area contributed by atoms with Gasteiger partial charge in [0.2, 0.25) is 0 Å². The van der Waals surface area contributed by atoms with E-state index < -0.39 is 26.5 Å². The molecule has 0 aliphatic carbocycles. The molecule has 0 aromatic carbocycles. The lowest BCUT2D eigenvalue weighted by Gasteiger charge is -2.24. The van der Waals surface area contributed by atoms with Crippen molar-refractivity contribution in [2.45, 2.75) is 367 Å². The Hall–Kier alpha value is -4.11. The van der Waals surface area contributed by atoms with E-state index in [1.165, 1.54) is 218 Å². The number of hydrogen-bond acceptors (Lipinski definition) is 7. The highest BCUT2D eigenvalue weighted by Gasteiger charge is 2.27. The first-order valence-corrected chi connectivity index (χ1v) is 43.1. The van der Waals surface area contributed by atoms with Crippen LogP contribution in [0.3, 0.4) is 0 Å². The van der Waals surface area contributed by atoms with Crippen LogP contribution >= 0.6 is 7.82 Å². The fraction of sp³-hybridized carbons (Fsp3) is 0.711.